The minimum atomic E-state index is -0.304. The summed E-state index contributed by atoms with van der Waals surface area (Å²) >= 11 is 0. The van der Waals surface area contributed by atoms with Crippen LogP contribution in [-0.4, -0.2) is 11.6 Å². The van der Waals surface area contributed by atoms with Crippen molar-refractivity contribution in [3.05, 3.63) is 60.2 Å². The van der Waals surface area contributed by atoms with Gasteiger partial charge in [0.2, 0.25) is 5.91 Å². The van der Waals surface area contributed by atoms with Gasteiger partial charge in [-0.15, -0.1) is 0 Å². The largest absolute Gasteiger partial charge is 0.361 e. The van der Waals surface area contributed by atoms with E-state index in [1.165, 1.54) is 0 Å². The number of hydrogen-bond donors (Lipinski definition) is 1. The predicted octanol–water partition coefficient (Wildman–Crippen LogP) is 3.35. The zero-order valence-corrected chi connectivity index (χ0v) is 11.3. The van der Waals surface area contributed by atoms with Crippen LogP contribution in [0.4, 0.5) is 11.4 Å². The normalized spacial score (nSPS) is 27.1. The molecule has 0 aliphatic carbocycles. The van der Waals surface area contributed by atoms with Crippen molar-refractivity contribution < 1.29 is 4.79 Å². The molecule has 20 heavy (non-hydrogen) atoms. The molecule has 0 spiro atoms. The first-order valence-corrected chi connectivity index (χ1v) is 6.95. The van der Waals surface area contributed by atoms with Crippen molar-refractivity contribution in [3.8, 4) is 0 Å². The standard InChI is InChI=1S/C17H16N2O/c1-17-11-13(12-7-3-2-4-8-12)16(20)19(17)15-10-6-5-9-14(15)18-17/h2-10,13,18H,11H2,1H3/t13-,17-/m1/s1. The van der Waals surface area contributed by atoms with Crippen LogP contribution in [0.3, 0.4) is 0 Å². The lowest BCUT2D eigenvalue weighted by molar-refractivity contribution is -0.118. The number of fused-ring (bicyclic) bond motifs is 3. The van der Waals surface area contributed by atoms with Crippen molar-refractivity contribution >= 4 is 17.3 Å². The molecule has 1 fully saturated rings. The van der Waals surface area contributed by atoms with Crippen LogP contribution in [0.2, 0.25) is 0 Å². The number of nitrogens with zero attached hydrogens (tertiary/aromatic N) is 1. The third-order valence-corrected chi connectivity index (χ3v) is 4.36. The SMILES string of the molecule is C[C@]12C[C@H](c3ccccc3)C(=O)N1c1ccccc1N2. The van der Waals surface area contributed by atoms with Crippen molar-refractivity contribution in [2.45, 2.75) is 24.9 Å². The molecule has 2 aromatic rings. The molecular weight excluding hydrogens is 248 g/mol. The molecule has 1 N–H and O–H groups in total. The maximum Gasteiger partial charge on any atom is 0.236 e. The minimum absolute atomic E-state index is 0.0537. The second-order valence-corrected chi connectivity index (χ2v) is 5.76. The van der Waals surface area contributed by atoms with Crippen molar-refractivity contribution in [2.24, 2.45) is 0 Å². The maximum atomic E-state index is 12.8. The van der Waals surface area contributed by atoms with Crippen LogP contribution in [0.1, 0.15) is 24.8 Å². The molecule has 0 radical (unpaired) electrons. The fourth-order valence-electron chi connectivity index (χ4n) is 3.48. The zero-order chi connectivity index (χ0) is 13.7. The molecule has 100 valence electrons. The first-order chi connectivity index (χ1) is 9.69. The molecule has 2 heterocycles. The van der Waals surface area contributed by atoms with Crippen LogP contribution < -0.4 is 10.2 Å². The van der Waals surface area contributed by atoms with Crippen LogP contribution in [0.15, 0.2) is 54.6 Å². The lowest BCUT2D eigenvalue weighted by atomic mass is 9.94. The zero-order valence-electron chi connectivity index (χ0n) is 11.3. The summed E-state index contributed by atoms with van der Waals surface area (Å²) in [6, 6.07) is 18.1. The van der Waals surface area contributed by atoms with E-state index in [1.807, 2.05) is 59.5 Å². The Kier molecular flexibility index (Phi) is 2.22. The molecule has 3 heteroatoms. The van der Waals surface area contributed by atoms with Crippen LogP contribution in [-0.2, 0) is 4.79 Å². The highest BCUT2D eigenvalue weighted by Gasteiger charge is 2.53. The highest BCUT2D eigenvalue weighted by Crippen LogP contribution is 2.50. The number of para-hydroxylation sites is 2. The van der Waals surface area contributed by atoms with E-state index >= 15 is 0 Å². The van der Waals surface area contributed by atoms with Gasteiger partial charge in [-0.2, -0.15) is 0 Å². The molecule has 0 bridgehead atoms. The molecule has 2 atom stereocenters. The molecule has 2 aliphatic heterocycles. The first kappa shape index (κ1) is 11.5. The minimum Gasteiger partial charge on any atom is -0.361 e. The van der Waals surface area contributed by atoms with Gasteiger partial charge in [0.25, 0.3) is 0 Å². The van der Waals surface area contributed by atoms with E-state index in [0.717, 1.165) is 23.4 Å². The Labute approximate surface area is 118 Å². The quantitative estimate of drug-likeness (QED) is 0.856. The Morgan fingerprint density at radius 3 is 2.60 bits per heavy atom. The van der Waals surface area contributed by atoms with Crippen LogP contribution in [0.5, 0.6) is 0 Å². The topological polar surface area (TPSA) is 32.3 Å². The second kappa shape index (κ2) is 3.85. The number of benzene rings is 2. The van der Waals surface area contributed by atoms with Gasteiger partial charge >= 0.3 is 0 Å². The van der Waals surface area contributed by atoms with Crippen LogP contribution in [0, 0.1) is 0 Å². The second-order valence-electron chi connectivity index (χ2n) is 5.76. The molecule has 2 aliphatic rings. The molecule has 0 aromatic heterocycles. The summed E-state index contributed by atoms with van der Waals surface area (Å²) in [5, 5.41) is 3.51. The van der Waals surface area contributed by atoms with Gasteiger partial charge in [0.1, 0.15) is 5.66 Å². The van der Waals surface area contributed by atoms with Gasteiger partial charge < -0.3 is 5.32 Å². The van der Waals surface area contributed by atoms with E-state index in [4.69, 9.17) is 0 Å². The van der Waals surface area contributed by atoms with E-state index in [9.17, 15) is 4.79 Å². The van der Waals surface area contributed by atoms with Gasteiger partial charge in [-0.05, 0) is 24.6 Å². The molecule has 3 nitrogen and oxygen atoms in total. The summed E-state index contributed by atoms with van der Waals surface area (Å²) < 4.78 is 0. The Bertz CT molecular complexity index is 682. The van der Waals surface area contributed by atoms with Crippen LogP contribution in [0.25, 0.3) is 0 Å². The molecule has 1 saturated heterocycles. The molecule has 0 unspecified atom stereocenters. The van der Waals surface area contributed by atoms with Crippen molar-refractivity contribution in [1.82, 2.24) is 0 Å². The van der Waals surface area contributed by atoms with Gasteiger partial charge in [-0.25, -0.2) is 0 Å². The van der Waals surface area contributed by atoms with Gasteiger partial charge in [0.15, 0.2) is 0 Å². The lowest BCUT2D eigenvalue weighted by Crippen LogP contribution is -2.44. The predicted molar refractivity (Wildman–Crippen MR) is 79.8 cm³/mol. The van der Waals surface area contributed by atoms with Crippen molar-refractivity contribution in [2.75, 3.05) is 10.2 Å². The van der Waals surface area contributed by atoms with E-state index in [1.54, 1.807) is 0 Å². The van der Waals surface area contributed by atoms with Crippen molar-refractivity contribution in [1.29, 1.82) is 0 Å². The number of amides is 1. The smallest absolute Gasteiger partial charge is 0.236 e. The lowest BCUT2D eigenvalue weighted by Gasteiger charge is -2.27. The first-order valence-electron chi connectivity index (χ1n) is 6.95. The number of rotatable bonds is 1. The number of anilines is 2. The van der Waals surface area contributed by atoms with Gasteiger partial charge in [0.05, 0.1) is 17.3 Å². The van der Waals surface area contributed by atoms with E-state index in [0.29, 0.717) is 0 Å². The molecule has 0 saturated carbocycles. The third-order valence-electron chi connectivity index (χ3n) is 4.36. The third kappa shape index (κ3) is 1.43. The van der Waals surface area contributed by atoms with Crippen molar-refractivity contribution in [3.63, 3.8) is 0 Å². The number of carbonyl (C=O) groups is 1. The highest BCUT2D eigenvalue weighted by atomic mass is 16.2. The Morgan fingerprint density at radius 1 is 1.10 bits per heavy atom. The fraction of sp³-hybridized carbons (Fsp3) is 0.235. The van der Waals surface area contributed by atoms with E-state index in [2.05, 4.69) is 12.2 Å². The summed E-state index contributed by atoms with van der Waals surface area (Å²) in [6.07, 6.45) is 0.796. The highest BCUT2D eigenvalue weighted by molar-refractivity contribution is 6.07. The summed E-state index contributed by atoms with van der Waals surface area (Å²) in [5.74, 6) is 0.137. The number of nitrogens with one attached hydrogen (secondary N) is 1. The summed E-state index contributed by atoms with van der Waals surface area (Å²) in [7, 11) is 0. The monoisotopic (exact) mass is 264 g/mol. The molecule has 2 aromatic carbocycles. The van der Waals surface area contributed by atoms with Gasteiger partial charge in [-0.1, -0.05) is 42.5 Å². The summed E-state index contributed by atoms with van der Waals surface area (Å²) in [6.45, 7) is 2.10. The molecular formula is C17H16N2O. The average molecular weight is 264 g/mol. The summed E-state index contributed by atoms with van der Waals surface area (Å²) in [4.78, 5) is 14.8. The summed E-state index contributed by atoms with van der Waals surface area (Å²) in [5.41, 5.74) is 2.85. The van der Waals surface area contributed by atoms with Gasteiger partial charge in [-0.3, -0.25) is 9.69 Å². The average Bonchev–Trinajstić information content (AvgIpc) is 2.90. The van der Waals surface area contributed by atoms with Crippen LogP contribution >= 0.6 is 0 Å². The Morgan fingerprint density at radius 2 is 1.80 bits per heavy atom. The fourth-order valence-corrected chi connectivity index (χ4v) is 3.48. The number of carbonyl (C=O) groups excluding carboxylic acids is 1. The Balaban J connectivity index is 1.78. The number of hydrogen-bond acceptors (Lipinski definition) is 2. The van der Waals surface area contributed by atoms with E-state index < -0.39 is 0 Å². The van der Waals surface area contributed by atoms with E-state index in [-0.39, 0.29) is 17.5 Å². The Hall–Kier alpha value is -2.29. The molecule has 1 amide bonds. The van der Waals surface area contributed by atoms with Gasteiger partial charge in [0, 0.05) is 6.42 Å². The molecule has 4 rings (SSSR count). The maximum absolute atomic E-state index is 12.8.